The van der Waals surface area contributed by atoms with Gasteiger partial charge in [-0.05, 0) is 24.8 Å². The Morgan fingerprint density at radius 2 is 2.53 bits per heavy atom. The maximum Gasteiger partial charge on any atom is 0.270 e. The van der Waals surface area contributed by atoms with Gasteiger partial charge in [0, 0.05) is 32.1 Å². The van der Waals surface area contributed by atoms with Gasteiger partial charge in [0.15, 0.2) is 0 Å². The van der Waals surface area contributed by atoms with Gasteiger partial charge in [0.25, 0.3) is 5.91 Å². The number of nitrogens with zero attached hydrogens (tertiary/aromatic N) is 1. The number of nitrogen functional groups attached to an aromatic ring is 1. The summed E-state index contributed by atoms with van der Waals surface area (Å²) in [5.74, 6) is 0.428. The standard InChI is InChI=1S/C12H19N3O2/c1-15(7-9-3-2-4-17-8-9)12(16)11-5-10(13)6-14-11/h5-6,9,14H,2-4,7-8,13H2,1H3. The first-order valence-corrected chi connectivity index (χ1v) is 5.94. The van der Waals surface area contributed by atoms with Gasteiger partial charge in [-0.1, -0.05) is 0 Å². The second kappa shape index (κ2) is 5.23. The lowest BCUT2D eigenvalue weighted by Crippen LogP contribution is -2.35. The number of carbonyl (C=O) groups excluding carboxylic acids is 1. The first kappa shape index (κ1) is 12.0. The summed E-state index contributed by atoms with van der Waals surface area (Å²) < 4.78 is 5.41. The van der Waals surface area contributed by atoms with Crippen LogP contribution in [-0.4, -0.2) is 42.6 Å². The van der Waals surface area contributed by atoms with Crippen LogP contribution >= 0.6 is 0 Å². The van der Waals surface area contributed by atoms with Crippen LogP contribution in [0.25, 0.3) is 0 Å². The summed E-state index contributed by atoms with van der Waals surface area (Å²) in [5.41, 5.74) is 6.71. The van der Waals surface area contributed by atoms with Crippen molar-refractivity contribution in [3.63, 3.8) is 0 Å². The lowest BCUT2D eigenvalue weighted by Gasteiger charge is -2.26. The zero-order valence-electron chi connectivity index (χ0n) is 10.1. The van der Waals surface area contributed by atoms with E-state index in [0.717, 1.165) is 32.6 Å². The minimum atomic E-state index is -0.0210. The van der Waals surface area contributed by atoms with E-state index < -0.39 is 0 Å². The molecular weight excluding hydrogens is 218 g/mol. The number of aromatic amines is 1. The Labute approximate surface area is 101 Å². The van der Waals surface area contributed by atoms with E-state index in [2.05, 4.69) is 4.98 Å². The van der Waals surface area contributed by atoms with Crippen LogP contribution in [0.3, 0.4) is 0 Å². The average Bonchev–Trinajstić information content (AvgIpc) is 2.76. The normalized spacial score (nSPS) is 20.2. The molecule has 2 rings (SSSR count). The van der Waals surface area contributed by atoms with Crippen molar-refractivity contribution in [3.8, 4) is 0 Å². The Balaban J connectivity index is 1.90. The summed E-state index contributed by atoms with van der Waals surface area (Å²) in [6.07, 6.45) is 3.84. The van der Waals surface area contributed by atoms with E-state index in [1.54, 1.807) is 17.2 Å². The van der Waals surface area contributed by atoms with E-state index in [-0.39, 0.29) is 5.91 Å². The molecule has 1 unspecified atom stereocenters. The first-order chi connectivity index (χ1) is 8.16. The molecule has 3 N–H and O–H groups in total. The number of ether oxygens (including phenoxy) is 1. The van der Waals surface area contributed by atoms with Crippen molar-refractivity contribution in [1.29, 1.82) is 0 Å². The topological polar surface area (TPSA) is 71.3 Å². The first-order valence-electron chi connectivity index (χ1n) is 5.94. The molecule has 0 aliphatic carbocycles. The largest absolute Gasteiger partial charge is 0.397 e. The Bertz CT molecular complexity index is 383. The highest BCUT2D eigenvalue weighted by Crippen LogP contribution is 2.15. The Morgan fingerprint density at radius 1 is 1.71 bits per heavy atom. The third-order valence-corrected chi connectivity index (χ3v) is 3.07. The van der Waals surface area contributed by atoms with E-state index in [1.807, 2.05) is 7.05 Å². The number of amides is 1. The molecule has 1 amide bonds. The van der Waals surface area contributed by atoms with Crippen LogP contribution in [0.15, 0.2) is 12.3 Å². The molecule has 1 atom stereocenters. The van der Waals surface area contributed by atoms with Gasteiger partial charge in [0.1, 0.15) is 5.69 Å². The van der Waals surface area contributed by atoms with Crippen LogP contribution in [0.1, 0.15) is 23.3 Å². The highest BCUT2D eigenvalue weighted by Gasteiger charge is 2.20. The van der Waals surface area contributed by atoms with E-state index in [9.17, 15) is 4.79 Å². The number of hydrogen-bond donors (Lipinski definition) is 2. The number of H-pyrrole nitrogens is 1. The fourth-order valence-corrected chi connectivity index (χ4v) is 2.16. The van der Waals surface area contributed by atoms with Crippen molar-refractivity contribution in [2.75, 3.05) is 32.5 Å². The molecule has 0 spiro atoms. The van der Waals surface area contributed by atoms with Crippen molar-refractivity contribution in [2.45, 2.75) is 12.8 Å². The maximum absolute atomic E-state index is 12.0. The molecule has 0 bridgehead atoms. The van der Waals surface area contributed by atoms with Gasteiger partial charge >= 0.3 is 0 Å². The van der Waals surface area contributed by atoms with Crippen LogP contribution in [0.4, 0.5) is 5.69 Å². The van der Waals surface area contributed by atoms with E-state index in [1.165, 1.54) is 0 Å². The van der Waals surface area contributed by atoms with Crippen molar-refractivity contribution >= 4 is 11.6 Å². The van der Waals surface area contributed by atoms with Crippen molar-refractivity contribution < 1.29 is 9.53 Å². The molecular formula is C12H19N3O2. The third-order valence-electron chi connectivity index (χ3n) is 3.07. The minimum absolute atomic E-state index is 0.0210. The van der Waals surface area contributed by atoms with Crippen LogP contribution < -0.4 is 5.73 Å². The maximum atomic E-state index is 12.0. The molecule has 17 heavy (non-hydrogen) atoms. The Kier molecular flexibility index (Phi) is 3.68. The lowest BCUT2D eigenvalue weighted by molar-refractivity contribution is 0.0387. The molecule has 1 fully saturated rings. The summed E-state index contributed by atoms with van der Waals surface area (Å²) in [7, 11) is 1.81. The molecule has 1 saturated heterocycles. The average molecular weight is 237 g/mol. The third kappa shape index (κ3) is 3.00. The minimum Gasteiger partial charge on any atom is -0.397 e. The number of rotatable bonds is 3. The van der Waals surface area contributed by atoms with Gasteiger partial charge in [-0.2, -0.15) is 0 Å². The quantitative estimate of drug-likeness (QED) is 0.826. The lowest BCUT2D eigenvalue weighted by atomic mass is 10.0. The summed E-state index contributed by atoms with van der Waals surface area (Å²) in [4.78, 5) is 16.6. The van der Waals surface area contributed by atoms with E-state index >= 15 is 0 Å². The molecule has 1 aliphatic rings. The highest BCUT2D eigenvalue weighted by molar-refractivity contribution is 5.93. The second-order valence-corrected chi connectivity index (χ2v) is 4.62. The number of aromatic nitrogens is 1. The predicted octanol–water partition coefficient (Wildman–Crippen LogP) is 1.10. The molecule has 0 aromatic carbocycles. The smallest absolute Gasteiger partial charge is 0.270 e. The van der Waals surface area contributed by atoms with Crippen LogP contribution in [-0.2, 0) is 4.74 Å². The fourth-order valence-electron chi connectivity index (χ4n) is 2.16. The van der Waals surface area contributed by atoms with Crippen molar-refractivity contribution in [3.05, 3.63) is 18.0 Å². The summed E-state index contributed by atoms with van der Waals surface area (Å²) in [6, 6.07) is 1.66. The molecule has 1 aliphatic heterocycles. The molecule has 1 aromatic heterocycles. The zero-order valence-corrected chi connectivity index (χ0v) is 10.1. The molecule has 94 valence electrons. The monoisotopic (exact) mass is 237 g/mol. The number of hydrogen-bond acceptors (Lipinski definition) is 3. The molecule has 1 aromatic rings. The van der Waals surface area contributed by atoms with Crippen molar-refractivity contribution in [1.82, 2.24) is 9.88 Å². The molecule has 5 nitrogen and oxygen atoms in total. The Hall–Kier alpha value is -1.49. The molecule has 2 heterocycles. The molecule has 0 saturated carbocycles. The van der Waals surface area contributed by atoms with Gasteiger partial charge in [0.2, 0.25) is 0 Å². The highest BCUT2D eigenvalue weighted by atomic mass is 16.5. The second-order valence-electron chi connectivity index (χ2n) is 4.62. The summed E-state index contributed by atoms with van der Waals surface area (Å²) in [5, 5.41) is 0. The zero-order chi connectivity index (χ0) is 12.3. The SMILES string of the molecule is CN(CC1CCCOC1)C(=O)c1cc(N)c[nH]1. The number of carbonyl (C=O) groups is 1. The van der Waals surface area contributed by atoms with Gasteiger partial charge in [0.05, 0.1) is 6.61 Å². The molecule has 5 heteroatoms. The van der Waals surface area contributed by atoms with Gasteiger partial charge in [-0.3, -0.25) is 4.79 Å². The van der Waals surface area contributed by atoms with Crippen LogP contribution in [0.2, 0.25) is 0 Å². The van der Waals surface area contributed by atoms with Gasteiger partial charge in [-0.25, -0.2) is 0 Å². The summed E-state index contributed by atoms with van der Waals surface area (Å²) >= 11 is 0. The fraction of sp³-hybridized carbons (Fsp3) is 0.583. The van der Waals surface area contributed by atoms with Gasteiger partial charge in [-0.15, -0.1) is 0 Å². The van der Waals surface area contributed by atoms with Gasteiger partial charge < -0.3 is 20.4 Å². The van der Waals surface area contributed by atoms with Crippen molar-refractivity contribution in [2.24, 2.45) is 5.92 Å². The number of anilines is 1. The van der Waals surface area contributed by atoms with Crippen LogP contribution in [0.5, 0.6) is 0 Å². The Morgan fingerprint density at radius 3 is 3.12 bits per heavy atom. The number of nitrogens with one attached hydrogen (secondary N) is 1. The van der Waals surface area contributed by atoms with Crippen LogP contribution in [0, 0.1) is 5.92 Å². The van der Waals surface area contributed by atoms with E-state index in [0.29, 0.717) is 17.3 Å². The summed E-state index contributed by atoms with van der Waals surface area (Å²) in [6.45, 7) is 2.34. The molecule has 0 radical (unpaired) electrons. The number of nitrogens with two attached hydrogens (primary N) is 1. The van der Waals surface area contributed by atoms with E-state index in [4.69, 9.17) is 10.5 Å². The predicted molar refractivity (Wildman–Crippen MR) is 65.7 cm³/mol.